The lowest BCUT2D eigenvalue weighted by atomic mass is 10.9. The maximum absolute atomic E-state index is 8.77. The van der Waals surface area contributed by atoms with Crippen molar-refractivity contribution in [1.82, 2.24) is 5.09 Å². The van der Waals surface area contributed by atoms with Crippen molar-refractivity contribution in [3.8, 4) is 0 Å². The van der Waals surface area contributed by atoms with Crippen LogP contribution in [0.4, 0.5) is 0 Å². The first-order valence-electron chi connectivity index (χ1n) is 2.33. The number of rotatable bonds is 3. The molecule has 4 nitrogen and oxygen atoms in total. The van der Waals surface area contributed by atoms with E-state index in [2.05, 4.69) is 9.61 Å². The summed E-state index contributed by atoms with van der Waals surface area (Å²) in [6.07, 6.45) is 0. The predicted octanol–water partition coefficient (Wildman–Crippen LogP) is 0.760. The first-order chi connectivity index (χ1) is 3.62. The van der Waals surface area contributed by atoms with Crippen LogP contribution in [0.5, 0.6) is 0 Å². The van der Waals surface area contributed by atoms with Crippen LogP contribution in [0.1, 0.15) is 6.92 Å². The third-order valence-electron chi connectivity index (χ3n) is 0.619. The van der Waals surface area contributed by atoms with Crippen LogP contribution in [0.3, 0.4) is 0 Å². The fraction of sp³-hybridized carbons (Fsp3) is 1.00. The molecule has 8 heavy (non-hydrogen) atoms. The molecule has 50 valence electrons. The maximum atomic E-state index is 8.77. The predicted molar refractivity (Wildman–Crippen MR) is 32.5 cm³/mol. The van der Waals surface area contributed by atoms with E-state index in [4.69, 9.17) is 10.1 Å². The van der Waals surface area contributed by atoms with E-state index in [1.54, 1.807) is 6.92 Å². The summed E-state index contributed by atoms with van der Waals surface area (Å²) in [6, 6.07) is 0. The normalized spacial score (nSPS) is 17.9. The molecule has 0 aromatic heterocycles. The fourth-order valence-corrected chi connectivity index (χ4v) is 0.754. The Morgan fingerprint density at radius 2 is 2.38 bits per heavy atom. The highest BCUT2D eigenvalue weighted by atomic mass is 31.2. The van der Waals surface area contributed by atoms with Crippen LogP contribution < -0.4 is 5.09 Å². The van der Waals surface area contributed by atoms with Gasteiger partial charge in [-0.05, 0) is 14.0 Å². The van der Waals surface area contributed by atoms with Gasteiger partial charge in [-0.3, -0.25) is 5.16 Å². The van der Waals surface area contributed by atoms with Crippen LogP contribution in [0.25, 0.3) is 0 Å². The number of nitrogens with one attached hydrogen (secondary N) is 2. The van der Waals surface area contributed by atoms with Gasteiger partial charge in [-0.25, -0.2) is 5.09 Å². The van der Waals surface area contributed by atoms with Gasteiger partial charge in [0.05, 0.1) is 6.61 Å². The van der Waals surface area contributed by atoms with Crippen molar-refractivity contribution in [2.24, 2.45) is 0 Å². The Hall–Kier alpha value is 0.110. The van der Waals surface area contributed by atoms with Gasteiger partial charge in [0.2, 0.25) is 0 Å². The molecule has 0 rings (SSSR count). The maximum Gasteiger partial charge on any atom is 0.281 e. The Morgan fingerprint density at radius 1 is 1.88 bits per heavy atom. The zero-order chi connectivity index (χ0) is 6.62. The Kier molecular flexibility index (Phi) is 3.24. The summed E-state index contributed by atoms with van der Waals surface area (Å²) in [6.45, 7) is 2.10. The highest BCUT2D eigenvalue weighted by molar-refractivity contribution is 7.51. The first-order valence-corrected chi connectivity index (χ1v) is 3.99. The van der Waals surface area contributed by atoms with Crippen molar-refractivity contribution in [3.63, 3.8) is 0 Å². The molecule has 1 atom stereocenters. The minimum atomic E-state index is -2.92. The molecule has 0 heterocycles. The number of hydrogen-bond acceptors (Lipinski definition) is 2. The van der Waals surface area contributed by atoms with Crippen LogP contribution in [-0.4, -0.2) is 18.5 Å². The average Bonchev–Trinajstić information content (AvgIpc) is 1.67. The Labute approximate surface area is 48.9 Å². The van der Waals surface area contributed by atoms with Gasteiger partial charge in [0, 0.05) is 0 Å². The monoisotopic (exact) mass is 138 g/mol. The van der Waals surface area contributed by atoms with Crippen LogP contribution >= 0.6 is 7.66 Å². The second-order valence-electron chi connectivity index (χ2n) is 1.22. The molecule has 1 unspecified atom stereocenters. The van der Waals surface area contributed by atoms with Gasteiger partial charge in [0.1, 0.15) is 0 Å². The lowest BCUT2D eigenvalue weighted by Gasteiger charge is -2.11. The van der Waals surface area contributed by atoms with Gasteiger partial charge in [-0.15, -0.1) is 0 Å². The number of hydrogen-bond donors (Lipinski definition) is 3. The average molecular weight is 138 g/mol. The molecular weight excluding hydrogens is 127 g/mol. The second-order valence-corrected chi connectivity index (χ2v) is 3.07. The largest absolute Gasteiger partial charge is 0.328 e. The summed E-state index contributed by atoms with van der Waals surface area (Å²) in [5.74, 6) is 0. The molecule has 0 amide bonds. The molecule has 0 aromatic carbocycles. The van der Waals surface area contributed by atoms with E-state index in [0.29, 0.717) is 6.61 Å². The zero-order valence-corrected chi connectivity index (χ0v) is 5.90. The van der Waals surface area contributed by atoms with E-state index >= 15 is 0 Å². The van der Waals surface area contributed by atoms with Gasteiger partial charge in [-0.2, -0.15) is 0 Å². The molecule has 0 aliphatic rings. The Morgan fingerprint density at radius 3 is 2.50 bits per heavy atom. The molecule has 0 aliphatic carbocycles. The smallest absolute Gasteiger partial charge is 0.281 e. The van der Waals surface area contributed by atoms with E-state index in [1.807, 2.05) is 0 Å². The van der Waals surface area contributed by atoms with Crippen LogP contribution in [0.2, 0.25) is 0 Å². The zero-order valence-electron chi connectivity index (χ0n) is 5.01. The van der Waals surface area contributed by atoms with Gasteiger partial charge >= 0.3 is 0 Å². The minimum Gasteiger partial charge on any atom is -0.328 e. The van der Waals surface area contributed by atoms with Crippen molar-refractivity contribution in [2.45, 2.75) is 6.92 Å². The molecule has 0 saturated heterocycles. The van der Waals surface area contributed by atoms with Gasteiger partial charge in [0.15, 0.2) is 0 Å². The summed E-state index contributed by atoms with van der Waals surface area (Å²) >= 11 is 0. The molecule has 0 aromatic rings. The summed E-state index contributed by atoms with van der Waals surface area (Å²) in [5.41, 5.74) is 0. The van der Waals surface area contributed by atoms with Gasteiger partial charge in [0.25, 0.3) is 7.66 Å². The minimum absolute atomic E-state index is 0.370. The van der Waals surface area contributed by atoms with E-state index < -0.39 is 7.66 Å². The first kappa shape index (κ1) is 8.11. The van der Waals surface area contributed by atoms with Crippen LogP contribution in [0.15, 0.2) is 0 Å². The van der Waals surface area contributed by atoms with Crippen molar-refractivity contribution >= 4 is 7.66 Å². The lowest BCUT2D eigenvalue weighted by Crippen LogP contribution is -2.03. The summed E-state index contributed by atoms with van der Waals surface area (Å²) in [7, 11) is -1.43. The van der Waals surface area contributed by atoms with Crippen LogP contribution in [-0.2, 0) is 4.52 Å². The van der Waals surface area contributed by atoms with E-state index in [9.17, 15) is 0 Å². The van der Waals surface area contributed by atoms with Crippen molar-refractivity contribution in [1.29, 1.82) is 5.16 Å². The quantitative estimate of drug-likeness (QED) is 0.504. The molecule has 0 bridgehead atoms. The van der Waals surface area contributed by atoms with Crippen molar-refractivity contribution in [2.75, 3.05) is 13.7 Å². The van der Waals surface area contributed by atoms with Crippen LogP contribution in [0, 0.1) is 5.16 Å². The fourth-order valence-electron chi connectivity index (χ4n) is 0.251. The molecular formula is C3H11N2O2P. The SMILES string of the molecule is CCOP(=N)(O)NC. The molecule has 0 spiro atoms. The molecule has 3 N–H and O–H groups in total. The highest BCUT2D eigenvalue weighted by Gasteiger charge is 2.06. The molecule has 0 fully saturated rings. The molecule has 5 heteroatoms. The molecule has 0 radical (unpaired) electrons. The highest BCUT2D eigenvalue weighted by Crippen LogP contribution is 2.35. The summed E-state index contributed by atoms with van der Waals surface area (Å²) < 4.78 is 4.60. The third kappa shape index (κ3) is 3.16. The Balaban J connectivity index is 3.55. The lowest BCUT2D eigenvalue weighted by molar-refractivity contribution is 0.309. The third-order valence-corrected chi connectivity index (χ3v) is 1.86. The van der Waals surface area contributed by atoms with Crippen molar-refractivity contribution in [3.05, 3.63) is 0 Å². The summed E-state index contributed by atoms with van der Waals surface area (Å²) in [5, 5.41) is 9.26. The van der Waals surface area contributed by atoms with E-state index in [1.165, 1.54) is 7.05 Å². The molecule has 0 saturated carbocycles. The standard InChI is InChI=1S/C3H11N2O2P/c1-3-7-8(4,6)5-2/h3H2,1-2H3,(H3,4,5,6). The second kappa shape index (κ2) is 3.20. The van der Waals surface area contributed by atoms with E-state index in [-0.39, 0.29) is 0 Å². The van der Waals surface area contributed by atoms with Crippen molar-refractivity contribution < 1.29 is 9.42 Å². The van der Waals surface area contributed by atoms with Gasteiger partial charge < -0.3 is 9.42 Å². The summed E-state index contributed by atoms with van der Waals surface area (Å²) in [4.78, 5) is 8.77. The van der Waals surface area contributed by atoms with Gasteiger partial charge in [-0.1, -0.05) is 0 Å². The Bertz CT molecular complexity index is 105. The topological polar surface area (TPSA) is 65.3 Å². The molecule has 0 aliphatic heterocycles. The van der Waals surface area contributed by atoms with E-state index in [0.717, 1.165) is 0 Å².